The number of aromatic nitrogens is 4. The average molecular weight is 218 g/mol. The van der Waals surface area contributed by atoms with E-state index in [1.54, 1.807) is 7.05 Å². The standard InChI is InChI=1S/C10H10N4O2/c1-6-3-7(10-11-13-14(2)12-10)4-8-9(6)16-5-15-8/h3-4H,5H2,1-2H3. The molecule has 0 fully saturated rings. The molecule has 0 spiro atoms. The molecular weight excluding hydrogens is 208 g/mol. The maximum atomic E-state index is 5.34. The number of rotatable bonds is 1. The lowest BCUT2D eigenvalue weighted by molar-refractivity contribution is 0.173. The summed E-state index contributed by atoms with van der Waals surface area (Å²) in [5, 5.41) is 11.9. The van der Waals surface area contributed by atoms with Crippen molar-refractivity contribution < 1.29 is 9.47 Å². The smallest absolute Gasteiger partial charge is 0.231 e. The highest BCUT2D eigenvalue weighted by atomic mass is 16.7. The normalized spacial score (nSPS) is 13.1. The first-order chi connectivity index (χ1) is 7.74. The van der Waals surface area contributed by atoms with E-state index in [-0.39, 0.29) is 6.79 Å². The largest absolute Gasteiger partial charge is 0.454 e. The predicted octanol–water partition coefficient (Wildman–Crippen LogP) is 0.914. The highest BCUT2D eigenvalue weighted by Crippen LogP contribution is 2.38. The lowest BCUT2D eigenvalue weighted by Gasteiger charge is -2.02. The van der Waals surface area contributed by atoms with Gasteiger partial charge in [0.15, 0.2) is 11.5 Å². The number of fused-ring (bicyclic) bond motifs is 1. The third-order valence-corrected chi connectivity index (χ3v) is 2.42. The van der Waals surface area contributed by atoms with Gasteiger partial charge in [0.25, 0.3) is 0 Å². The molecule has 0 radical (unpaired) electrons. The Hall–Kier alpha value is -2.11. The van der Waals surface area contributed by atoms with E-state index in [0.717, 1.165) is 22.6 Å². The van der Waals surface area contributed by atoms with Gasteiger partial charge in [-0.25, -0.2) is 0 Å². The first-order valence-electron chi connectivity index (χ1n) is 4.88. The van der Waals surface area contributed by atoms with Crippen molar-refractivity contribution in [3.05, 3.63) is 17.7 Å². The fraction of sp³-hybridized carbons (Fsp3) is 0.300. The van der Waals surface area contributed by atoms with Gasteiger partial charge >= 0.3 is 0 Å². The van der Waals surface area contributed by atoms with E-state index in [1.165, 1.54) is 4.80 Å². The van der Waals surface area contributed by atoms with Crippen LogP contribution in [0.5, 0.6) is 11.5 Å². The number of ether oxygens (including phenoxy) is 2. The molecule has 0 bridgehead atoms. The summed E-state index contributed by atoms with van der Waals surface area (Å²) in [5.41, 5.74) is 1.90. The minimum absolute atomic E-state index is 0.271. The Morgan fingerprint density at radius 3 is 2.94 bits per heavy atom. The molecule has 0 N–H and O–H groups in total. The van der Waals surface area contributed by atoms with E-state index < -0.39 is 0 Å². The molecule has 0 saturated carbocycles. The molecule has 82 valence electrons. The molecule has 0 saturated heterocycles. The molecule has 1 aliphatic heterocycles. The summed E-state index contributed by atoms with van der Waals surface area (Å²) in [6.45, 7) is 2.24. The van der Waals surface area contributed by atoms with Crippen LogP contribution < -0.4 is 9.47 Å². The van der Waals surface area contributed by atoms with Gasteiger partial charge in [-0.2, -0.15) is 4.80 Å². The molecule has 6 heteroatoms. The summed E-state index contributed by atoms with van der Waals surface area (Å²) in [7, 11) is 1.73. The van der Waals surface area contributed by atoms with Crippen LogP contribution in [0.3, 0.4) is 0 Å². The van der Waals surface area contributed by atoms with Gasteiger partial charge in [0.2, 0.25) is 12.6 Å². The highest BCUT2D eigenvalue weighted by molar-refractivity contribution is 5.63. The Kier molecular flexibility index (Phi) is 1.82. The molecule has 1 aliphatic rings. The number of benzene rings is 1. The Bertz CT molecular complexity index is 550. The molecule has 1 aromatic heterocycles. The van der Waals surface area contributed by atoms with Gasteiger partial charge in [-0.05, 0) is 29.8 Å². The molecular formula is C10H10N4O2. The molecule has 3 rings (SSSR count). The molecule has 1 aromatic carbocycles. The topological polar surface area (TPSA) is 62.1 Å². The lowest BCUT2D eigenvalue weighted by Crippen LogP contribution is -1.93. The van der Waals surface area contributed by atoms with E-state index in [9.17, 15) is 0 Å². The third-order valence-electron chi connectivity index (χ3n) is 2.42. The quantitative estimate of drug-likeness (QED) is 0.712. The van der Waals surface area contributed by atoms with Crippen LogP contribution in [-0.4, -0.2) is 27.0 Å². The Balaban J connectivity index is 2.12. The monoisotopic (exact) mass is 218 g/mol. The van der Waals surface area contributed by atoms with Crippen molar-refractivity contribution in [1.82, 2.24) is 20.2 Å². The zero-order valence-corrected chi connectivity index (χ0v) is 8.97. The van der Waals surface area contributed by atoms with Gasteiger partial charge in [-0.15, -0.1) is 10.2 Å². The van der Waals surface area contributed by atoms with E-state index in [0.29, 0.717) is 5.82 Å². The summed E-state index contributed by atoms with van der Waals surface area (Å²) in [5.74, 6) is 2.12. The van der Waals surface area contributed by atoms with Crippen LogP contribution in [0.1, 0.15) is 5.56 Å². The third kappa shape index (κ3) is 1.30. The second-order valence-electron chi connectivity index (χ2n) is 3.63. The summed E-state index contributed by atoms with van der Waals surface area (Å²) in [6.07, 6.45) is 0. The lowest BCUT2D eigenvalue weighted by atomic mass is 10.1. The van der Waals surface area contributed by atoms with Gasteiger partial charge < -0.3 is 9.47 Å². The van der Waals surface area contributed by atoms with Crippen LogP contribution >= 0.6 is 0 Å². The second kappa shape index (κ2) is 3.19. The molecule has 16 heavy (non-hydrogen) atoms. The van der Waals surface area contributed by atoms with Gasteiger partial charge in [-0.3, -0.25) is 0 Å². The number of aryl methyl sites for hydroxylation is 2. The fourth-order valence-electron chi connectivity index (χ4n) is 1.71. The zero-order chi connectivity index (χ0) is 11.1. The van der Waals surface area contributed by atoms with Crippen molar-refractivity contribution in [2.45, 2.75) is 6.92 Å². The van der Waals surface area contributed by atoms with Crippen LogP contribution in [0, 0.1) is 6.92 Å². The van der Waals surface area contributed by atoms with Crippen LogP contribution in [0.2, 0.25) is 0 Å². The summed E-state index contributed by atoms with van der Waals surface area (Å²) in [6, 6.07) is 3.83. The van der Waals surface area contributed by atoms with Crippen LogP contribution in [0.25, 0.3) is 11.4 Å². The average Bonchev–Trinajstić information content (AvgIpc) is 2.85. The van der Waals surface area contributed by atoms with E-state index >= 15 is 0 Å². The van der Waals surface area contributed by atoms with Gasteiger partial charge in [0.05, 0.1) is 7.05 Å². The van der Waals surface area contributed by atoms with Crippen molar-refractivity contribution in [2.75, 3.05) is 6.79 Å². The highest BCUT2D eigenvalue weighted by Gasteiger charge is 2.18. The maximum Gasteiger partial charge on any atom is 0.231 e. The van der Waals surface area contributed by atoms with Crippen molar-refractivity contribution in [1.29, 1.82) is 0 Å². The van der Waals surface area contributed by atoms with Gasteiger partial charge in [0.1, 0.15) is 0 Å². The Morgan fingerprint density at radius 2 is 2.19 bits per heavy atom. The summed E-state index contributed by atoms with van der Waals surface area (Å²) < 4.78 is 10.7. The molecule has 6 nitrogen and oxygen atoms in total. The van der Waals surface area contributed by atoms with Crippen molar-refractivity contribution in [2.24, 2.45) is 7.05 Å². The first kappa shape index (κ1) is 9.14. The van der Waals surface area contributed by atoms with E-state index in [1.807, 2.05) is 19.1 Å². The summed E-state index contributed by atoms with van der Waals surface area (Å²) in [4.78, 5) is 1.43. The molecule has 0 amide bonds. The van der Waals surface area contributed by atoms with Crippen LogP contribution in [-0.2, 0) is 7.05 Å². The molecule has 2 heterocycles. The molecule has 0 atom stereocenters. The number of tetrazole rings is 1. The number of nitrogens with zero attached hydrogens (tertiary/aromatic N) is 4. The molecule has 0 unspecified atom stereocenters. The minimum atomic E-state index is 0.271. The zero-order valence-electron chi connectivity index (χ0n) is 8.97. The summed E-state index contributed by atoms with van der Waals surface area (Å²) >= 11 is 0. The van der Waals surface area contributed by atoms with Crippen molar-refractivity contribution >= 4 is 0 Å². The fourth-order valence-corrected chi connectivity index (χ4v) is 1.71. The van der Waals surface area contributed by atoms with Gasteiger partial charge in [-0.1, -0.05) is 0 Å². The second-order valence-corrected chi connectivity index (χ2v) is 3.63. The SMILES string of the molecule is Cc1cc(-c2nnn(C)n2)cc2c1OCO2. The van der Waals surface area contributed by atoms with Gasteiger partial charge in [0, 0.05) is 5.56 Å². The number of hydrogen-bond donors (Lipinski definition) is 0. The van der Waals surface area contributed by atoms with E-state index in [2.05, 4.69) is 15.4 Å². The van der Waals surface area contributed by atoms with Crippen LogP contribution in [0.4, 0.5) is 0 Å². The maximum absolute atomic E-state index is 5.34. The van der Waals surface area contributed by atoms with Crippen molar-refractivity contribution in [3.63, 3.8) is 0 Å². The molecule has 0 aliphatic carbocycles. The van der Waals surface area contributed by atoms with E-state index in [4.69, 9.17) is 9.47 Å². The van der Waals surface area contributed by atoms with Crippen molar-refractivity contribution in [3.8, 4) is 22.9 Å². The first-order valence-corrected chi connectivity index (χ1v) is 4.88. The Morgan fingerprint density at radius 1 is 1.31 bits per heavy atom. The predicted molar refractivity (Wildman–Crippen MR) is 55.1 cm³/mol. The molecule has 2 aromatic rings. The number of hydrogen-bond acceptors (Lipinski definition) is 5. The van der Waals surface area contributed by atoms with Crippen LogP contribution in [0.15, 0.2) is 12.1 Å². The minimum Gasteiger partial charge on any atom is -0.454 e. The Labute approximate surface area is 91.8 Å².